The van der Waals surface area contributed by atoms with Gasteiger partial charge >= 0.3 is 0 Å². The standard InChI is InChI=1S/C15H16ClN3O4S2/c1-2-3-10-7-14(21)19-15(18-10)24-8-12(20)9-4-5-13(11(16)6-9)25(17,22)23/h4-7H,2-3,8H2,1H3,(H2,17,22,23)(H,18,19,21). The number of aromatic amines is 1. The molecule has 0 unspecified atom stereocenters. The van der Waals surface area contributed by atoms with Crippen LogP contribution in [0.5, 0.6) is 0 Å². The van der Waals surface area contributed by atoms with Crippen molar-refractivity contribution in [2.45, 2.75) is 29.8 Å². The molecule has 0 aliphatic rings. The Labute approximate surface area is 154 Å². The topological polar surface area (TPSA) is 123 Å². The van der Waals surface area contributed by atoms with E-state index in [1.165, 1.54) is 24.3 Å². The molecule has 0 fully saturated rings. The number of sulfonamides is 1. The quantitative estimate of drug-likeness (QED) is 0.415. The fourth-order valence-electron chi connectivity index (χ4n) is 2.06. The summed E-state index contributed by atoms with van der Waals surface area (Å²) in [4.78, 5) is 30.5. The van der Waals surface area contributed by atoms with Gasteiger partial charge in [-0.15, -0.1) is 0 Å². The van der Waals surface area contributed by atoms with Crippen LogP contribution >= 0.6 is 23.4 Å². The summed E-state index contributed by atoms with van der Waals surface area (Å²) in [7, 11) is -3.94. The van der Waals surface area contributed by atoms with Crippen molar-refractivity contribution in [3.63, 3.8) is 0 Å². The van der Waals surface area contributed by atoms with Gasteiger partial charge in [-0.1, -0.05) is 36.7 Å². The molecule has 25 heavy (non-hydrogen) atoms. The molecular formula is C15H16ClN3O4S2. The number of primary sulfonamides is 1. The van der Waals surface area contributed by atoms with Gasteiger partial charge in [0.05, 0.1) is 10.8 Å². The van der Waals surface area contributed by atoms with Gasteiger partial charge in [-0.05, 0) is 24.6 Å². The van der Waals surface area contributed by atoms with Gasteiger partial charge in [0.15, 0.2) is 10.9 Å². The second-order valence-electron chi connectivity index (χ2n) is 5.19. The Morgan fingerprint density at radius 1 is 1.36 bits per heavy atom. The monoisotopic (exact) mass is 401 g/mol. The SMILES string of the molecule is CCCc1cc(=O)[nH]c(SCC(=O)c2ccc(S(N)(=O)=O)c(Cl)c2)n1. The number of hydrogen-bond donors (Lipinski definition) is 2. The fraction of sp³-hybridized carbons (Fsp3) is 0.267. The maximum Gasteiger partial charge on any atom is 0.251 e. The number of Topliss-reactive ketones (excluding diaryl/α,β-unsaturated/α-hetero) is 1. The number of carbonyl (C=O) groups is 1. The van der Waals surface area contributed by atoms with Gasteiger partial charge in [0.25, 0.3) is 5.56 Å². The molecule has 0 saturated carbocycles. The molecule has 2 rings (SSSR count). The Morgan fingerprint density at radius 3 is 2.68 bits per heavy atom. The van der Waals surface area contributed by atoms with E-state index in [0.29, 0.717) is 17.3 Å². The number of nitrogens with one attached hydrogen (secondary N) is 1. The Balaban J connectivity index is 2.13. The molecule has 0 saturated heterocycles. The predicted molar refractivity (Wildman–Crippen MR) is 96.7 cm³/mol. The summed E-state index contributed by atoms with van der Waals surface area (Å²) in [5.41, 5.74) is 0.646. The molecule has 0 atom stereocenters. The number of aromatic nitrogens is 2. The number of nitrogens with two attached hydrogens (primary N) is 1. The van der Waals surface area contributed by atoms with Crippen LogP contribution in [0.3, 0.4) is 0 Å². The third kappa shape index (κ3) is 5.40. The van der Waals surface area contributed by atoms with Gasteiger partial charge in [-0.25, -0.2) is 18.5 Å². The number of carbonyl (C=O) groups excluding carboxylic acids is 1. The van der Waals surface area contributed by atoms with Crippen LogP contribution in [0.25, 0.3) is 0 Å². The van der Waals surface area contributed by atoms with E-state index in [-0.39, 0.29) is 32.6 Å². The van der Waals surface area contributed by atoms with E-state index in [9.17, 15) is 18.0 Å². The van der Waals surface area contributed by atoms with Crippen LogP contribution in [-0.2, 0) is 16.4 Å². The molecule has 3 N–H and O–H groups in total. The number of benzene rings is 1. The van der Waals surface area contributed by atoms with Crippen molar-refractivity contribution in [3.8, 4) is 0 Å². The zero-order chi connectivity index (χ0) is 18.6. The molecule has 0 aliphatic heterocycles. The van der Waals surface area contributed by atoms with Crippen LogP contribution in [-0.4, -0.2) is 29.9 Å². The molecule has 0 bridgehead atoms. The number of ketones is 1. The number of H-pyrrole nitrogens is 1. The third-order valence-corrected chi connectivity index (χ3v) is 5.45. The van der Waals surface area contributed by atoms with Gasteiger partial charge in [-0.2, -0.15) is 0 Å². The molecule has 0 aliphatic carbocycles. The molecule has 134 valence electrons. The first-order valence-electron chi connectivity index (χ1n) is 7.29. The lowest BCUT2D eigenvalue weighted by atomic mass is 10.1. The molecule has 7 nitrogen and oxygen atoms in total. The fourth-order valence-corrected chi connectivity index (χ4v) is 3.94. The van der Waals surface area contributed by atoms with E-state index in [4.69, 9.17) is 16.7 Å². The second-order valence-corrected chi connectivity index (χ2v) is 8.10. The molecule has 10 heteroatoms. The number of halogens is 1. The number of rotatable bonds is 7. The number of aryl methyl sites for hydroxylation is 1. The normalized spacial score (nSPS) is 11.5. The zero-order valence-electron chi connectivity index (χ0n) is 13.3. The van der Waals surface area contributed by atoms with E-state index < -0.39 is 10.0 Å². The summed E-state index contributed by atoms with van der Waals surface area (Å²) in [6.07, 6.45) is 1.53. The van der Waals surface area contributed by atoms with Gasteiger partial charge < -0.3 is 4.98 Å². The molecule has 1 heterocycles. The molecule has 0 radical (unpaired) electrons. The largest absolute Gasteiger partial charge is 0.301 e. The first kappa shape index (κ1) is 19.6. The maximum atomic E-state index is 12.2. The first-order valence-corrected chi connectivity index (χ1v) is 10.2. The minimum Gasteiger partial charge on any atom is -0.301 e. The van der Waals surface area contributed by atoms with E-state index in [0.717, 1.165) is 18.2 Å². The lowest BCUT2D eigenvalue weighted by Gasteiger charge is -2.06. The zero-order valence-corrected chi connectivity index (χ0v) is 15.7. The Hall–Kier alpha value is -1.68. The van der Waals surface area contributed by atoms with Crippen LogP contribution in [0, 0.1) is 0 Å². The molecule has 2 aromatic rings. The summed E-state index contributed by atoms with van der Waals surface area (Å²) in [5.74, 6) is -0.264. The van der Waals surface area contributed by atoms with E-state index in [1.54, 1.807) is 0 Å². The van der Waals surface area contributed by atoms with Crippen molar-refractivity contribution in [3.05, 3.63) is 50.9 Å². The third-order valence-electron chi connectivity index (χ3n) is 3.18. The molecule has 0 amide bonds. The van der Waals surface area contributed by atoms with E-state index in [2.05, 4.69) is 9.97 Å². The smallest absolute Gasteiger partial charge is 0.251 e. The Morgan fingerprint density at radius 2 is 2.08 bits per heavy atom. The number of thioether (sulfide) groups is 1. The van der Waals surface area contributed by atoms with Crippen LogP contribution in [0.1, 0.15) is 29.4 Å². The van der Waals surface area contributed by atoms with Crippen molar-refractivity contribution in [1.29, 1.82) is 0 Å². The van der Waals surface area contributed by atoms with Crippen LogP contribution in [0.4, 0.5) is 0 Å². The second kappa shape index (κ2) is 8.13. The minimum absolute atomic E-state index is 0.0174. The maximum absolute atomic E-state index is 12.2. The van der Waals surface area contributed by atoms with Gasteiger partial charge in [0, 0.05) is 17.3 Å². The molecule has 1 aromatic carbocycles. The average Bonchev–Trinajstić information content (AvgIpc) is 2.51. The highest BCUT2D eigenvalue weighted by molar-refractivity contribution is 7.99. The number of hydrogen-bond acceptors (Lipinski definition) is 6. The van der Waals surface area contributed by atoms with Gasteiger partial charge in [-0.3, -0.25) is 9.59 Å². The van der Waals surface area contributed by atoms with Crippen LogP contribution in [0.2, 0.25) is 5.02 Å². The molecule has 1 aromatic heterocycles. The predicted octanol–water partition coefficient (Wildman–Crippen LogP) is 2.00. The molecule has 0 spiro atoms. The van der Waals surface area contributed by atoms with E-state index >= 15 is 0 Å². The summed E-state index contributed by atoms with van der Waals surface area (Å²) >= 11 is 6.96. The Kier molecular flexibility index (Phi) is 6.39. The minimum atomic E-state index is -3.94. The summed E-state index contributed by atoms with van der Waals surface area (Å²) in [5, 5.41) is 5.27. The summed E-state index contributed by atoms with van der Waals surface area (Å²) < 4.78 is 22.6. The van der Waals surface area contributed by atoms with Crippen molar-refractivity contribution in [2.24, 2.45) is 5.14 Å². The lowest BCUT2D eigenvalue weighted by molar-refractivity contribution is 0.102. The molecular weight excluding hydrogens is 386 g/mol. The highest BCUT2D eigenvalue weighted by Crippen LogP contribution is 2.23. The lowest BCUT2D eigenvalue weighted by Crippen LogP contribution is -2.14. The Bertz CT molecular complexity index is 957. The number of nitrogens with zero attached hydrogens (tertiary/aromatic N) is 1. The highest BCUT2D eigenvalue weighted by atomic mass is 35.5. The van der Waals surface area contributed by atoms with Crippen LogP contribution < -0.4 is 10.7 Å². The van der Waals surface area contributed by atoms with Crippen molar-refractivity contribution >= 4 is 39.2 Å². The first-order chi connectivity index (χ1) is 11.7. The van der Waals surface area contributed by atoms with E-state index in [1.807, 2.05) is 6.92 Å². The van der Waals surface area contributed by atoms with Crippen molar-refractivity contribution in [2.75, 3.05) is 5.75 Å². The highest BCUT2D eigenvalue weighted by Gasteiger charge is 2.16. The summed E-state index contributed by atoms with van der Waals surface area (Å²) in [6.45, 7) is 1.98. The van der Waals surface area contributed by atoms with Gasteiger partial charge in [0.1, 0.15) is 4.90 Å². The van der Waals surface area contributed by atoms with Crippen molar-refractivity contribution in [1.82, 2.24) is 9.97 Å². The van der Waals surface area contributed by atoms with Crippen molar-refractivity contribution < 1.29 is 13.2 Å². The summed E-state index contributed by atoms with van der Waals surface area (Å²) in [6, 6.07) is 5.23. The van der Waals surface area contributed by atoms with Gasteiger partial charge in [0.2, 0.25) is 10.0 Å². The van der Waals surface area contributed by atoms with Crippen LogP contribution in [0.15, 0.2) is 39.1 Å². The average molecular weight is 402 g/mol.